The molecule has 0 aliphatic carbocycles. The lowest BCUT2D eigenvalue weighted by atomic mass is 10.1. The first kappa shape index (κ1) is 12.2. The molecule has 0 amide bonds. The Labute approximate surface area is 104 Å². The summed E-state index contributed by atoms with van der Waals surface area (Å²) >= 11 is 0. The third kappa shape index (κ3) is 2.87. The third-order valence-electron chi connectivity index (χ3n) is 3.38. The smallest absolute Gasteiger partial charge is 0.109 e. The van der Waals surface area contributed by atoms with Crippen molar-refractivity contribution in [3.05, 3.63) is 30.1 Å². The highest BCUT2D eigenvalue weighted by Gasteiger charge is 2.05. The Morgan fingerprint density at radius 1 is 1.06 bits per heavy atom. The molecule has 0 aliphatic heterocycles. The van der Waals surface area contributed by atoms with Crippen molar-refractivity contribution < 1.29 is 0 Å². The molecule has 2 heteroatoms. The standard InChI is InChI=1S/C15H22N2/c1-3-4-5-6-7-12-15-16-13-10-8-9-11-14(13)17(15)2/h8-11H,3-7,12H2,1-2H3. The minimum absolute atomic E-state index is 1.11. The molecule has 0 radical (unpaired) electrons. The highest BCUT2D eigenvalue weighted by Crippen LogP contribution is 2.16. The maximum atomic E-state index is 4.69. The molecule has 0 spiro atoms. The van der Waals surface area contributed by atoms with Gasteiger partial charge in [0, 0.05) is 13.5 Å². The van der Waals surface area contributed by atoms with Gasteiger partial charge in [0.25, 0.3) is 0 Å². The lowest BCUT2D eigenvalue weighted by Gasteiger charge is -2.02. The van der Waals surface area contributed by atoms with Crippen molar-refractivity contribution in [2.45, 2.75) is 45.4 Å². The molecule has 2 rings (SSSR count). The third-order valence-corrected chi connectivity index (χ3v) is 3.38. The van der Waals surface area contributed by atoms with Crippen LogP contribution in [0.25, 0.3) is 11.0 Å². The Morgan fingerprint density at radius 3 is 2.59 bits per heavy atom. The fourth-order valence-corrected chi connectivity index (χ4v) is 2.31. The normalized spacial score (nSPS) is 11.2. The van der Waals surface area contributed by atoms with Crippen molar-refractivity contribution in [2.75, 3.05) is 0 Å². The van der Waals surface area contributed by atoms with Crippen LogP contribution in [0.5, 0.6) is 0 Å². The maximum Gasteiger partial charge on any atom is 0.109 e. The summed E-state index contributed by atoms with van der Waals surface area (Å²) < 4.78 is 2.23. The minimum atomic E-state index is 1.11. The highest BCUT2D eigenvalue weighted by molar-refractivity contribution is 5.75. The van der Waals surface area contributed by atoms with E-state index in [0.717, 1.165) is 11.9 Å². The van der Waals surface area contributed by atoms with Crippen molar-refractivity contribution >= 4 is 11.0 Å². The van der Waals surface area contributed by atoms with Crippen molar-refractivity contribution in [1.29, 1.82) is 0 Å². The van der Waals surface area contributed by atoms with Crippen LogP contribution in [0.1, 0.15) is 44.9 Å². The zero-order chi connectivity index (χ0) is 12.1. The Hall–Kier alpha value is -1.31. The zero-order valence-electron chi connectivity index (χ0n) is 10.9. The van der Waals surface area contributed by atoms with Crippen molar-refractivity contribution in [1.82, 2.24) is 9.55 Å². The molecule has 0 bridgehead atoms. The van der Waals surface area contributed by atoms with Crippen LogP contribution in [0.4, 0.5) is 0 Å². The number of para-hydroxylation sites is 2. The van der Waals surface area contributed by atoms with Gasteiger partial charge in [-0.1, -0.05) is 44.7 Å². The largest absolute Gasteiger partial charge is 0.331 e. The fraction of sp³-hybridized carbons (Fsp3) is 0.533. The van der Waals surface area contributed by atoms with Crippen LogP contribution < -0.4 is 0 Å². The molecule has 2 aromatic rings. The van der Waals surface area contributed by atoms with Crippen LogP contribution in [0, 0.1) is 0 Å². The Kier molecular flexibility index (Phi) is 4.18. The number of aryl methyl sites for hydroxylation is 2. The van der Waals surface area contributed by atoms with Crippen molar-refractivity contribution in [3.8, 4) is 0 Å². The average molecular weight is 230 g/mol. The van der Waals surface area contributed by atoms with E-state index in [-0.39, 0.29) is 0 Å². The summed E-state index contributed by atoms with van der Waals surface area (Å²) in [4.78, 5) is 4.69. The Bertz CT molecular complexity index is 471. The quantitative estimate of drug-likeness (QED) is 0.683. The molecule has 0 atom stereocenters. The monoisotopic (exact) mass is 230 g/mol. The van der Waals surface area contributed by atoms with Gasteiger partial charge in [-0.3, -0.25) is 0 Å². The van der Waals surface area contributed by atoms with Gasteiger partial charge >= 0.3 is 0 Å². The summed E-state index contributed by atoms with van der Waals surface area (Å²) in [5.74, 6) is 1.22. The molecule has 1 aromatic carbocycles. The second-order valence-electron chi connectivity index (χ2n) is 4.74. The van der Waals surface area contributed by atoms with E-state index in [2.05, 4.69) is 42.8 Å². The molecule has 2 nitrogen and oxygen atoms in total. The van der Waals surface area contributed by atoms with Gasteiger partial charge in [0.05, 0.1) is 11.0 Å². The van der Waals surface area contributed by atoms with Gasteiger partial charge in [-0.05, 0) is 18.6 Å². The van der Waals surface area contributed by atoms with Crippen molar-refractivity contribution in [2.24, 2.45) is 7.05 Å². The molecule has 0 saturated carbocycles. The van der Waals surface area contributed by atoms with E-state index in [1.54, 1.807) is 0 Å². The van der Waals surface area contributed by atoms with E-state index >= 15 is 0 Å². The van der Waals surface area contributed by atoms with E-state index in [1.165, 1.54) is 43.4 Å². The van der Waals surface area contributed by atoms with Gasteiger partial charge in [0.15, 0.2) is 0 Å². The molecule has 0 fully saturated rings. The van der Waals surface area contributed by atoms with Crippen LogP contribution in [-0.2, 0) is 13.5 Å². The molecule has 1 heterocycles. The number of aromatic nitrogens is 2. The number of unbranched alkanes of at least 4 members (excludes halogenated alkanes) is 4. The van der Waals surface area contributed by atoms with Gasteiger partial charge in [-0.2, -0.15) is 0 Å². The van der Waals surface area contributed by atoms with Gasteiger partial charge < -0.3 is 4.57 Å². The SMILES string of the molecule is CCCCCCCc1nc2ccccc2n1C. The van der Waals surface area contributed by atoms with Gasteiger partial charge in [0.2, 0.25) is 0 Å². The van der Waals surface area contributed by atoms with Gasteiger partial charge in [-0.15, -0.1) is 0 Å². The summed E-state index contributed by atoms with van der Waals surface area (Å²) in [5.41, 5.74) is 2.37. The van der Waals surface area contributed by atoms with Crippen LogP contribution in [0.3, 0.4) is 0 Å². The fourth-order valence-electron chi connectivity index (χ4n) is 2.31. The number of imidazole rings is 1. The number of nitrogens with zero attached hydrogens (tertiary/aromatic N) is 2. The van der Waals surface area contributed by atoms with Crippen LogP contribution in [0.2, 0.25) is 0 Å². The molecule has 0 N–H and O–H groups in total. The van der Waals surface area contributed by atoms with E-state index < -0.39 is 0 Å². The zero-order valence-corrected chi connectivity index (χ0v) is 10.9. The van der Waals surface area contributed by atoms with Gasteiger partial charge in [0.1, 0.15) is 5.82 Å². The summed E-state index contributed by atoms with van der Waals surface area (Å²) in [7, 11) is 2.12. The number of hydrogen-bond donors (Lipinski definition) is 0. The first-order chi connectivity index (χ1) is 8.33. The molecular formula is C15H22N2. The van der Waals surface area contributed by atoms with E-state index in [9.17, 15) is 0 Å². The maximum absolute atomic E-state index is 4.69. The second-order valence-corrected chi connectivity index (χ2v) is 4.74. The molecule has 0 aliphatic rings. The summed E-state index contributed by atoms with van der Waals surface area (Å²) in [5, 5.41) is 0. The average Bonchev–Trinajstić information content (AvgIpc) is 2.67. The van der Waals surface area contributed by atoms with Gasteiger partial charge in [-0.25, -0.2) is 4.98 Å². The van der Waals surface area contributed by atoms with E-state index in [0.29, 0.717) is 0 Å². The predicted molar refractivity (Wildman–Crippen MR) is 73.2 cm³/mol. The second kappa shape index (κ2) is 5.85. The predicted octanol–water partition coefficient (Wildman–Crippen LogP) is 4.09. The molecule has 1 aromatic heterocycles. The number of rotatable bonds is 6. The van der Waals surface area contributed by atoms with Crippen molar-refractivity contribution in [3.63, 3.8) is 0 Å². The van der Waals surface area contributed by atoms with Crippen LogP contribution in [-0.4, -0.2) is 9.55 Å². The van der Waals surface area contributed by atoms with E-state index in [4.69, 9.17) is 4.98 Å². The molecule has 17 heavy (non-hydrogen) atoms. The summed E-state index contributed by atoms with van der Waals surface area (Å²) in [6, 6.07) is 8.37. The topological polar surface area (TPSA) is 17.8 Å². The molecular weight excluding hydrogens is 208 g/mol. The lowest BCUT2D eigenvalue weighted by molar-refractivity contribution is 0.616. The van der Waals surface area contributed by atoms with Crippen LogP contribution >= 0.6 is 0 Å². The number of hydrogen-bond acceptors (Lipinski definition) is 1. The summed E-state index contributed by atoms with van der Waals surface area (Å²) in [6.45, 7) is 2.26. The Morgan fingerprint density at radius 2 is 1.82 bits per heavy atom. The lowest BCUT2D eigenvalue weighted by Crippen LogP contribution is -1.97. The molecule has 0 unspecified atom stereocenters. The number of benzene rings is 1. The minimum Gasteiger partial charge on any atom is -0.331 e. The van der Waals surface area contributed by atoms with E-state index in [1.807, 2.05) is 0 Å². The molecule has 92 valence electrons. The number of fused-ring (bicyclic) bond motifs is 1. The Balaban J connectivity index is 1.97. The highest BCUT2D eigenvalue weighted by atomic mass is 15.1. The van der Waals surface area contributed by atoms with Crippen LogP contribution in [0.15, 0.2) is 24.3 Å². The molecule has 0 saturated heterocycles. The first-order valence-corrected chi connectivity index (χ1v) is 6.73. The first-order valence-electron chi connectivity index (χ1n) is 6.73. The summed E-state index contributed by atoms with van der Waals surface area (Å²) in [6.07, 6.45) is 7.73.